The normalized spacial score (nSPS) is 15.2. The highest BCUT2D eigenvalue weighted by Gasteiger charge is 2.19. The van der Waals surface area contributed by atoms with Gasteiger partial charge in [-0.25, -0.2) is 19.9 Å². The number of aromatic nitrogens is 4. The number of ether oxygens (including phenoxy) is 2. The van der Waals surface area contributed by atoms with E-state index in [1.165, 1.54) is 0 Å². The second-order valence-corrected chi connectivity index (χ2v) is 8.76. The number of nitrogens with one attached hydrogen (secondary N) is 2. The number of benzene rings is 1. The molecule has 0 aliphatic rings. The third-order valence-corrected chi connectivity index (χ3v) is 5.16. The van der Waals surface area contributed by atoms with Gasteiger partial charge in [0.1, 0.15) is 19.5 Å². The number of hydrogen-bond acceptors (Lipinski definition) is 8. The van der Waals surface area contributed by atoms with Crippen molar-refractivity contribution in [3.8, 4) is 23.0 Å². The molecule has 0 aliphatic carbocycles. The zero-order valence-electron chi connectivity index (χ0n) is 24.3. The molecule has 3 aromatic rings. The van der Waals surface area contributed by atoms with E-state index in [-0.39, 0.29) is 27.8 Å². The highest BCUT2D eigenvalue weighted by molar-refractivity contribution is 9.10. The van der Waals surface area contributed by atoms with Crippen LogP contribution in [0.15, 0.2) is 51.8 Å². The Morgan fingerprint density at radius 1 is 1.06 bits per heavy atom. The van der Waals surface area contributed by atoms with Crippen LogP contribution in [0.5, 0.6) is 11.9 Å². The molecule has 13 heteroatoms. The zero-order valence-corrected chi connectivity index (χ0v) is 20.3. The van der Waals surface area contributed by atoms with Crippen molar-refractivity contribution in [2.45, 2.75) is 13.3 Å². The summed E-state index contributed by atoms with van der Waals surface area (Å²) in [4.78, 5) is 15.1. The van der Waals surface area contributed by atoms with E-state index in [0.29, 0.717) is 6.42 Å². The van der Waals surface area contributed by atoms with Gasteiger partial charge in [0.25, 0.3) is 10.2 Å². The third kappa shape index (κ3) is 7.08. The zero-order chi connectivity index (χ0) is 30.0. The molecule has 10 nitrogen and oxygen atoms in total. The first kappa shape index (κ1) is 15.5. The van der Waals surface area contributed by atoms with Crippen LogP contribution in [0, 0.1) is 0 Å². The summed E-state index contributed by atoms with van der Waals surface area (Å²) in [6, 6.07) is -2.71. The van der Waals surface area contributed by atoms with E-state index in [1.54, 1.807) is 6.92 Å². The van der Waals surface area contributed by atoms with Gasteiger partial charge in [0.15, 0.2) is 5.82 Å². The second kappa shape index (κ2) is 11.5. The number of hydrogen-bond donors (Lipinski definition) is 2. The standard InChI is InChI=1S/C19H20Br2N6O4S/c1-2-7-26-32(28,29)27-17-16(13-3-5-14(20)6-4-13)18(25-12-24-17)30-8-9-31-19-22-10-15(21)11-23-19/h3-6,10-12,26H,2,7-9H2,1H3,(H,24,25,27)/i3D,4D,5D,6D,8D2,10D,11D. The molecule has 0 bridgehead atoms. The number of anilines is 1. The van der Waals surface area contributed by atoms with Crippen LogP contribution in [0.2, 0.25) is 0 Å². The van der Waals surface area contributed by atoms with Gasteiger partial charge >= 0.3 is 6.01 Å². The molecule has 0 aliphatic heterocycles. The Kier molecular flexibility index (Phi) is 5.56. The summed E-state index contributed by atoms with van der Waals surface area (Å²) in [6.07, 6.45) is 0.561. The van der Waals surface area contributed by atoms with Crippen LogP contribution in [0.3, 0.4) is 0 Å². The lowest BCUT2D eigenvalue weighted by Gasteiger charge is -2.15. The van der Waals surface area contributed by atoms with Crippen LogP contribution in [0.1, 0.15) is 24.3 Å². The van der Waals surface area contributed by atoms with Gasteiger partial charge < -0.3 is 9.47 Å². The molecule has 2 aromatic heterocycles. The maximum absolute atomic E-state index is 12.6. The SMILES string of the molecule is [2H]c1nc(OCC([2H])([2H])Oc2ncnc(NS(=O)(=O)NCCC)c2-c2c([2H])c([2H])c(Br)c([2H])c2[2H])nc([2H])c1Br. The van der Waals surface area contributed by atoms with Gasteiger partial charge in [-0.3, -0.25) is 4.72 Å². The van der Waals surface area contributed by atoms with Crippen molar-refractivity contribution in [1.82, 2.24) is 24.7 Å². The van der Waals surface area contributed by atoms with Gasteiger partial charge in [-0.2, -0.15) is 13.1 Å². The average Bonchev–Trinajstić information content (AvgIpc) is 2.88. The molecule has 0 radical (unpaired) electrons. The summed E-state index contributed by atoms with van der Waals surface area (Å²) in [6.45, 7) is -1.84. The predicted octanol–water partition coefficient (Wildman–Crippen LogP) is 3.57. The minimum absolute atomic E-state index is 0.00238. The first-order valence-electron chi connectivity index (χ1n) is 12.8. The van der Waals surface area contributed by atoms with E-state index in [2.05, 4.69) is 61.2 Å². The molecule has 0 saturated heterocycles. The van der Waals surface area contributed by atoms with Crippen molar-refractivity contribution >= 4 is 47.9 Å². The molecule has 3 rings (SSSR count). The average molecular weight is 596 g/mol. The van der Waals surface area contributed by atoms with Crippen LogP contribution in [-0.2, 0) is 10.2 Å². The first-order chi connectivity index (χ1) is 18.6. The maximum Gasteiger partial charge on any atom is 0.316 e. The summed E-state index contributed by atoms with van der Waals surface area (Å²) in [5, 5.41) is 0. The van der Waals surface area contributed by atoms with Gasteiger partial charge in [0.05, 0.1) is 21.0 Å². The summed E-state index contributed by atoms with van der Waals surface area (Å²) in [7, 11) is -4.25. The van der Waals surface area contributed by atoms with Gasteiger partial charge in [-0.05, 0) is 40.0 Å². The van der Waals surface area contributed by atoms with Crippen molar-refractivity contribution in [1.29, 1.82) is 0 Å². The Morgan fingerprint density at radius 3 is 2.47 bits per heavy atom. The highest BCUT2D eigenvalue weighted by Crippen LogP contribution is 2.34. The maximum atomic E-state index is 12.6. The van der Waals surface area contributed by atoms with Crippen molar-refractivity contribution in [3.05, 3.63) is 51.8 Å². The molecule has 0 atom stereocenters. The van der Waals surface area contributed by atoms with E-state index in [9.17, 15) is 8.42 Å². The van der Waals surface area contributed by atoms with E-state index >= 15 is 0 Å². The Hall–Kier alpha value is -2.35. The Morgan fingerprint density at radius 2 is 1.78 bits per heavy atom. The van der Waals surface area contributed by atoms with Crippen LogP contribution in [0.25, 0.3) is 11.1 Å². The molecule has 0 amide bonds. The van der Waals surface area contributed by atoms with Gasteiger partial charge in [0.2, 0.25) is 5.88 Å². The summed E-state index contributed by atoms with van der Waals surface area (Å²) in [5.74, 6) is -1.15. The van der Waals surface area contributed by atoms with Crippen molar-refractivity contribution < 1.29 is 28.9 Å². The summed E-state index contributed by atoms with van der Waals surface area (Å²) >= 11 is 5.95. The minimum Gasteiger partial charge on any atom is -0.473 e. The van der Waals surface area contributed by atoms with Gasteiger partial charge in [-0.15, -0.1) is 0 Å². The van der Waals surface area contributed by atoms with Crippen LogP contribution >= 0.6 is 31.9 Å². The molecule has 0 unspecified atom stereocenters. The molecule has 0 fully saturated rings. The molecule has 0 saturated carbocycles. The highest BCUT2D eigenvalue weighted by atomic mass is 79.9. The fourth-order valence-electron chi connectivity index (χ4n) is 2.07. The Labute approximate surface area is 213 Å². The Balaban J connectivity index is 2.11. The topological polar surface area (TPSA) is 128 Å². The number of rotatable bonds is 11. The second-order valence-electron chi connectivity index (χ2n) is 5.67. The smallest absolute Gasteiger partial charge is 0.316 e. The molecule has 170 valence electrons. The van der Waals surface area contributed by atoms with Crippen LogP contribution in [0.4, 0.5) is 5.82 Å². The largest absolute Gasteiger partial charge is 0.473 e. The predicted molar refractivity (Wildman–Crippen MR) is 127 cm³/mol. The Bertz CT molecular complexity index is 1500. The van der Waals surface area contributed by atoms with Crippen molar-refractivity contribution in [3.63, 3.8) is 0 Å². The molecule has 2 heterocycles. The molecule has 1 aromatic carbocycles. The quantitative estimate of drug-likeness (QED) is 0.344. The number of nitrogens with zero attached hydrogens (tertiary/aromatic N) is 4. The lowest BCUT2D eigenvalue weighted by Crippen LogP contribution is -2.31. The van der Waals surface area contributed by atoms with Crippen molar-refractivity contribution in [2.75, 3.05) is 24.4 Å². The first-order valence-corrected chi connectivity index (χ1v) is 11.9. The fourth-order valence-corrected chi connectivity index (χ4v) is 3.40. The van der Waals surface area contributed by atoms with E-state index in [4.69, 9.17) is 20.4 Å². The van der Waals surface area contributed by atoms with Crippen LogP contribution in [-0.4, -0.2) is 48.1 Å². The van der Waals surface area contributed by atoms with E-state index < -0.39 is 76.4 Å². The van der Waals surface area contributed by atoms with Crippen molar-refractivity contribution in [2.24, 2.45) is 0 Å². The van der Waals surface area contributed by atoms with Crippen LogP contribution < -0.4 is 18.9 Å². The minimum atomic E-state index is -4.25. The van der Waals surface area contributed by atoms with E-state index in [1.807, 2.05) is 0 Å². The van der Waals surface area contributed by atoms with Gasteiger partial charge in [-0.1, -0.05) is 34.9 Å². The third-order valence-electron chi connectivity index (χ3n) is 3.36. The molecule has 2 N–H and O–H groups in total. The molecule has 0 spiro atoms. The number of halogens is 2. The molecular weight excluding hydrogens is 568 g/mol. The summed E-state index contributed by atoms with van der Waals surface area (Å²) in [5.41, 5.74) is -0.938. The van der Waals surface area contributed by atoms with E-state index in [0.717, 1.165) is 6.33 Å². The lowest BCUT2D eigenvalue weighted by molar-refractivity contribution is 0.202. The lowest BCUT2D eigenvalue weighted by atomic mass is 10.1. The fraction of sp³-hybridized carbons (Fsp3) is 0.263. The monoisotopic (exact) mass is 594 g/mol. The van der Waals surface area contributed by atoms with Gasteiger partial charge in [0, 0.05) is 23.4 Å². The summed E-state index contributed by atoms with van der Waals surface area (Å²) < 4.78 is 105. The molecule has 32 heavy (non-hydrogen) atoms. The molecular formula is C19H20Br2N6O4S.